The van der Waals surface area contributed by atoms with E-state index < -0.39 is 22.0 Å². The fraction of sp³-hybridized carbons (Fsp3) is 0.412. The van der Waals surface area contributed by atoms with Crippen molar-refractivity contribution in [3.63, 3.8) is 0 Å². The van der Waals surface area contributed by atoms with Crippen molar-refractivity contribution in [2.24, 2.45) is 0 Å². The standard InChI is InChI=1S/C17H21N3O4S/c1-11-6-7-14(9-12(11)2)25(22,23)20-8-4-5-15(20)17(21)18-16-10-13(3)24-19-16/h6-7,9-10,15H,4-5,8H2,1-3H3,(H,18,19,21)/t15-/m0/s1. The molecule has 0 spiro atoms. The van der Waals surface area contributed by atoms with Crippen LogP contribution in [0.15, 0.2) is 33.7 Å². The zero-order valence-electron chi connectivity index (χ0n) is 14.4. The molecule has 1 fully saturated rings. The molecule has 8 heteroatoms. The molecule has 0 unspecified atom stereocenters. The average Bonchev–Trinajstić information content (AvgIpc) is 3.19. The van der Waals surface area contributed by atoms with E-state index in [9.17, 15) is 13.2 Å². The molecule has 1 aromatic carbocycles. The fourth-order valence-corrected chi connectivity index (χ4v) is 4.68. The van der Waals surface area contributed by atoms with E-state index in [2.05, 4.69) is 10.5 Å². The molecule has 1 saturated heterocycles. The number of carbonyl (C=O) groups is 1. The van der Waals surface area contributed by atoms with Gasteiger partial charge in [-0.3, -0.25) is 4.79 Å². The molecule has 1 amide bonds. The fourth-order valence-electron chi connectivity index (χ4n) is 2.93. The number of amides is 1. The van der Waals surface area contributed by atoms with Crippen LogP contribution in [0.5, 0.6) is 0 Å². The first-order valence-electron chi connectivity index (χ1n) is 8.12. The lowest BCUT2D eigenvalue weighted by molar-refractivity contribution is -0.119. The van der Waals surface area contributed by atoms with Gasteiger partial charge < -0.3 is 9.84 Å². The Kier molecular flexibility index (Phi) is 4.66. The summed E-state index contributed by atoms with van der Waals surface area (Å²) in [6.07, 6.45) is 1.12. The number of hydrogen-bond acceptors (Lipinski definition) is 5. The van der Waals surface area contributed by atoms with Gasteiger partial charge in [-0.15, -0.1) is 0 Å². The summed E-state index contributed by atoms with van der Waals surface area (Å²) >= 11 is 0. The molecule has 1 aliphatic heterocycles. The van der Waals surface area contributed by atoms with E-state index in [0.29, 0.717) is 25.1 Å². The van der Waals surface area contributed by atoms with Crippen LogP contribution in [-0.4, -0.2) is 36.4 Å². The van der Waals surface area contributed by atoms with E-state index in [1.807, 2.05) is 13.8 Å². The van der Waals surface area contributed by atoms with Gasteiger partial charge in [-0.1, -0.05) is 11.2 Å². The predicted molar refractivity (Wildman–Crippen MR) is 92.7 cm³/mol. The van der Waals surface area contributed by atoms with Crippen molar-refractivity contribution in [2.45, 2.75) is 44.6 Å². The SMILES string of the molecule is Cc1cc(NC(=O)[C@@H]2CCCN2S(=O)(=O)c2ccc(C)c(C)c2)no1. The molecule has 0 aliphatic carbocycles. The van der Waals surface area contributed by atoms with Crippen LogP contribution in [0.25, 0.3) is 0 Å². The molecule has 2 aromatic rings. The third-order valence-corrected chi connectivity index (χ3v) is 6.37. The van der Waals surface area contributed by atoms with Crippen LogP contribution in [0.2, 0.25) is 0 Å². The second kappa shape index (κ2) is 6.61. The Hall–Kier alpha value is -2.19. The Labute approximate surface area is 147 Å². The predicted octanol–water partition coefficient (Wildman–Crippen LogP) is 2.39. The number of nitrogens with one attached hydrogen (secondary N) is 1. The molecule has 1 aliphatic rings. The van der Waals surface area contributed by atoms with Crippen LogP contribution in [0.4, 0.5) is 5.82 Å². The van der Waals surface area contributed by atoms with Crippen LogP contribution in [0.3, 0.4) is 0 Å². The molecule has 134 valence electrons. The van der Waals surface area contributed by atoms with Gasteiger partial charge in [-0.05, 0) is 56.9 Å². The van der Waals surface area contributed by atoms with E-state index >= 15 is 0 Å². The number of nitrogens with zero attached hydrogens (tertiary/aromatic N) is 2. The largest absolute Gasteiger partial charge is 0.360 e. The normalized spacial score (nSPS) is 18.4. The van der Waals surface area contributed by atoms with E-state index in [1.54, 1.807) is 31.2 Å². The lowest BCUT2D eigenvalue weighted by atomic mass is 10.1. The lowest BCUT2D eigenvalue weighted by Gasteiger charge is -2.23. The number of hydrogen-bond donors (Lipinski definition) is 1. The number of anilines is 1. The third kappa shape index (κ3) is 3.45. The van der Waals surface area contributed by atoms with Crippen molar-refractivity contribution in [3.05, 3.63) is 41.2 Å². The molecular weight excluding hydrogens is 342 g/mol. The highest BCUT2D eigenvalue weighted by molar-refractivity contribution is 7.89. The summed E-state index contributed by atoms with van der Waals surface area (Å²) in [6, 6.07) is 5.87. The topological polar surface area (TPSA) is 92.5 Å². The number of aromatic nitrogens is 1. The molecule has 25 heavy (non-hydrogen) atoms. The van der Waals surface area contributed by atoms with Gasteiger partial charge in [0.15, 0.2) is 5.82 Å². The average molecular weight is 363 g/mol. The number of aryl methyl sites for hydroxylation is 3. The highest BCUT2D eigenvalue weighted by atomic mass is 32.2. The molecular formula is C17H21N3O4S. The third-order valence-electron chi connectivity index (χ3n) is 4.47. The Morgan fingerprint density at radius 1 is 1.24 bits per heavy atom. The van der Waals surface area contributed by atoms with Gasteiger partial charge in [0.05, 0.1) is 4.90 Å². The van der Waals surface area contributed by atoms with Crippen molar-refractivity contribution in [3.8, 4) is 0 Å². The Morgan fingerprint density at radius 2 is 2.00 bits per heavy atom. The molecule has 3 rings (SSSR count). The maximum atomic E-state index is 13.0. The lowest BCUT2D eigenvalue weighted by Crippen LogP contribution is -2.43. The van der Waals surface area contributed by atoms with E-state index in [1.165, 1.54) is 4.31 Å². The molecule has 0 radical (unpaired) electrons. The summed E-state index contributed by atoms with van der Waals surface area (Å²) < 4.78 is 32.2. The maximum absolute atomic E-state index is 13.0. The minimum absolute atomic E-state index is 0.215. The van der Waals surface area contributed by atoms with Crippen LogP contribution in [0.1, 0.15) is 29.7 Å². The highest BCUT2D eigenvalue weighted by Gasteiger charge is 2.39. The highest BCUT2D eigenvalue weighted by Crippen LogP contribution is 2.28. The first-order valence-corrected chi connectivity index (χ1v) is 9.56. The summed E-state index contributed by atoms with van der Waals surface area (Å²) in [5.74, 6) is 0.470. The van der Waals surface area contributed by atoms with Gasteiger partial charge in [-0.2, -0.15) is 4.31 Å². The van der Waals surface area contributed by atoms with Crippen molar-refractivity contribution < 1.29 is 17.7 Å². The number of carbonyl (C=O) groups excluding carboxylic acids is 1. The minimum atomic E-state index is -3.73. The molecule has 1 aromatic heterocycles. The van der Waals surface area contributed by atoms with Crippen LogP contribution < -0.4 is 5.32 Å². The van der Waals surface area contributed by atoms with Gasteiger partial charge in [-0.25, -0.2) is 8.42 Å². The number of rotatable bonds is 4. The Bertz CT molecular complexity index is 904. The van der Waals surface area contributed by atoms with Crippen molar-refractivity contribution >= 4 is 21.7 Å². The van der Waals surface area contributed by atoms with Crippen molar-refractivity contribution in [2.75, 3.05) is 11.9 Å². The first kappa shape index (κ1) is 17.6. The van der Waals surface area contributed by atoms with Gasteiger partial charge in [0.2, 0.25) is 15.9 Å². The van der Waals surface area contributed by atoms with Crippen molar-refractivity contribution in [1.29, 1.82) is 0 Å². The summed E-state index contributed by atoms with van der Waals surface area (Å²) in [5.41, 5.74) is 1.93. The van der Waals surface area contributed by atoms with E-state index in [0.717, 1.165) is 11.1 Å². The second-order valence-corrected chi connectivity index (χ2v) is 8.22. The quantitative estimate of drug-likeness (QED) is 0.900. The van der Waals surface area contributed by atoms with Gasteiger partial charge in [0.1, 0.15) is 11.8 Å². The van der Waals surface area contributed by atoms with Crippen LogP contribution >= 0.6 is 0 Å². The smallest absolute Gasteiger partial charge is 0.244 e. The second-order valence-electron chi connectivity index (χ2n) is 6.33. The monoisotopic (exact) mass is 363 g/mol. The molecule has 1 atom stereocenters. The molecule has 7 nitrogen and oxygen atoms in total. The van der Waals surface area contributed by atoms with E-state index in [-0.39, 0.29) is 10.7 Å². The summed E-state index contributed by atoms with van der Waals surface area (Å²) in [7, 11) is -3.73. The molecule has 0 bridgehead atoms. The first-order chi connectivity index (χ1) is 11.8. The zero-order chi connectivity index (χ0) is 18.2. The Morgan fingerprint density at radius 3 is 2.64 bits per heavy atom. The summed E-state index contributed by atoms with van der Waals surface area (Å²) in [4.78, 5) is 12.7. The van der Waals surface area contributed by atoms with Gasteiger partial charge in [0.25, 0.3) is 0 Å². The maximum Gasteiger partial charge on any atom is 0.244 e. The number of benzene rings is 1. The van der Waals surface area contributed by atoms with Crippen LogP contribution in [0, 0.1) is 20.8 Å². The van der Waals surface area contributed by atoms with Crippen LogP contribution in [-0.2, 0) is 14.8 Å². The minimum Gasteiger partial charge on any atom is -0.360 e. The summed E-state index contributed by atoms with van der Waals surface area (Å²) in [6.45, 7) is 5.84. The molecule has 1 N–H and O–H groups in total. The van der Waals surface area contributed by atoms with Gasteiger partial charge >= 0.3 is 0 Å². The Balaban J connectivity index is 1.84. The zero-order valence-corrected chi connectivity index (χ0v) is 15.3. The summed E-state index contributed by atoms with van der Waals surface area (Å²) in [5, 5.41) is 6.35. The van der Waals surface area contributed by atoms with Gasteiger partial charge in [0, 0.05) is 12.6 Å². The number of sulfonamides is 1. The molecule has 0 saturated carbocycles. The van der Waals surface area contributed by atoms with E-state index in [4.69, 9.17) is 4.52 Å². The molecule has 2 heterocycles. The van der Waals surface area contributed by atoms with Crippen molar-refractivity contribution in [1.82, 2.24) is 9.46 Å².